The van der Waals surface area contributed by atoms with Crippen molar-refractivity contribution in [3.05, 3.63) is 57.7 Å². The number of carbonyl (C=O) groups is 2. The predicted molar refractivity (Wildman–Crippen MR) is 73.2 cm³/mol. The smallest absolute Gasteiger partial charge is 0.258 e. The Balaban J connectivity index is 1.95. The van der Waals surface area contributed by atoms with Crippen LogP contribution in [0, 0.1) is 0 Å². The fraction of sp³-hybridized carbons (Fsp3) is 0. The molecule has 0 radical (unpaired) electrons. The van der Waals surface area contributed by atoms with E-state index in [2.05, 4.69) is 10.6 Å². The fourth-order valence-corrected chi connectivity index (χ4v) is 3.12. The molecule has 0 saturated heterocycles. The molecule has 5 nitrogen and oxygen atoms in total. The monoisotopic (exact) mass is 284 g/mol. The van der Waals surface area contributed by atoms with Crippen LogP contribution in [0.15, 0.2) is 51.5 Å². The van der Waals surface area contributed by atoms with Gasteiger partial charge in [-0.25, -0.2) is 0 Å². The van der Waals surface area contributed by atoms with Gasteiger partial charge in [-0.3, -0.25) is 9.59 Å². The molecule has 2 aliphatic rings. The zero-order valence-corrected chi connectivity index (χ0v) is 10.9. The summed E-state index contributed by atoms with van der Waals surface area (Å²) in [6.07, 6.45) is 1.50. The van der Waals surface area contributed by atoms with E-state index in [-0.39, 0.29) is 11.8 Å². The van der Waals surface area contributed by atoms with Crippen molar-refractivity contribution in [3.63, 3.8) is 0 Å². The summed E-state index contributed by atoms with van der Waals surface area (Å²) >= 11 is 1.47. The average Bonchev–Trinajstić information content (AvgIpc) is 3.17. The minimum Gasteiger partial charge on any atom is -0.463 e. The van der Waals surface area contributed by atoms with Crippen molar-refractivity contribution in [1.82, 2.24) is 10.6 Å². The van der Waals surface area contributed by atoms with E-state index in [0.29, 0.717) is 28.3 Å². The van der Waals surface area contributed by atoms with Crippen molar-refractivity contribution >= 4 is 34.5 Å². The molecular weight excluding hydrogens is 276 g/mol. The molecule has 6 heteroatoms. The van der Waals surface area contributed by atoms with Gasteiger partial charge in [-0.15, -0.1) is 11.3 Å². The molecule has 0 saturated carbocycles. The fourth-order valence-electron chi connectivity index (χ4n) is 2.39. The largest absolute Gasteiger partial charge is 0.463 e. The summed E-state index contributed by atoms with van der Waals surface area (Å²) in [5.74, 6) is -0.0905. The van der Waals surface area contributed by atoms with Crippen LogP contribution >= 0.6 is 11.3 Å². The first kappa shape index (κ1) is 11.2. The van der Waals surface area contributed by atoms with Crippen molar-refractivity contribution < 1.29 is 14.0 Å². The third kappa shape index (κ3) is 1.42. The second-order valence-corrected chi connectivity index (χ2v) is 5.31. The van der Waals surface area contributed by atoms with Crippen molar-refractivity contribution in [2.45, 2.75) is 0 Å². The highest BCUT2D eigenvalue weighted by Crippen LogP contribution is 2.38. The lowest BCUT2D eigenvalue weighted by Gasteiger charge is -2.03. The van der Waals surface area contributed by atoms with Crippen LogP contribution in [0.25, 0.3) is 11.4 Å². The Morgan fingerprint density at radius 1 is 0.950 bits per heavy atom. The number of hydrogen-bond donors (Lipinski definition) is 2. The van der Waals surface area contributed by atoms with Gasteiger partial charge in [0.1, 0.15) is 0 Å². The molecule has 2 aliphatic heterocycles. The lowest BCUT2D eigenvalue weighted by Crippen LogP contribution is -2.20. The number of thiophene rings is 1. The zero-order chi connectivity index (χ0) is 13.7. The van der Waals surface area contributed by atoms with Crippen LogP contribution in [0.4, 0.5) is 0 Å². The maximum Gasteiger partial charge on any atom is 0.258 e. The third-order valence-electron chi connectivity index (χ3n) is 3.22. The van der Waals surface area contributed by atoms with Gasteiger partial charge in [0.25, 0.3) is 11.8 Å². The third-order valence-corrected chi connectivity index (χ3v) is 4.10. The van der Waals surface area contributed by atoms with Crippen molar-refractivity contribution in [1.29, 1.82) is 0 Å². The molecule has 0 atom stereocenters. The molecule has 2 N–H and O–H groups in total. The molecule has 4 rings (SSSR count). The summed E-state index contributed by atoms with van der Waals surface area (Å²) in [6.45, 7) is 0. The average molecular weight is 284 g/mol. The number of carbonyl (C=O) groups excluding carboxylic acids is 2. The van der Waals surface area contributed by atoms with Crippen LogP contribution in [0.5, 0.6) is 0 Å². The Kier molecular flexibility index (Phi) is 2.22. The Hall–Kier alpha value is -2.60. The van der Waals surface area contributed by atoms with Crippen LogP contribution in [0.3, 0.4) is 0 Å². The Morgan fingerprint density at radius 2 is 1.70 bits per heavy atom. The number of hydrogen-bond acceptors (Lipinski definition) is 4. The van der Waals surface area contributed by atoms with E-state index >= 15 is 0 Å². The van der Waals surface area contributed by atoms with E-state index in [1.54, 1.807) is 12.1 Å². The van der Waals surface area contributed by atoms with E-state index in [1.807, 2.05) is 17.5 Å². The molecule has 0 fully saturated rings. The SMILES string of the molecule is O=C1NC(c2cccs2)=C2C(=O)NC(c3ccco3)=C12. The molecule has 2 amide bonds. The molecule has 2 aromatic heterocycles. The molecule has 20 heavy (non-hydrogen) atoms. The molecule has 98 valence electrons. The predicted octanol–water partition coefficient (Wildman–Crippen LogP) is 1.72. The minimum atomic E-state index is -0.284. The van der Waals surface area contributed by atoms with Gasteiger partial charge in [0.05, 0.1) is 33.7 Å². The second-order valence-electron chi connectivity index (χ2n) is 4.36. The Bertz CT molecular complexity index is 714. The first-order valence-electron chi connectivity index (χ1n) is 5.95. The number of rotatable bonds is 2. The zero-order valence-electron chi connectivity index (χ0n) is 10.1. The second kappa shape index (κ2) is 3.94. The molecule has 0 bridgehead atoms. The van der Waals surface area contributed by atoms with E-state index < -0.39 is 0 Å². The molecule has 0 aromatic carbocycles. The first-order valence-corrected chi connectivity index (χ1v) is 6.83. The number of fused-ring (bicyclic) bond motifs is 1. The first-order chi connectivity index (χ1) is 9.75. The van der Waals surface area contributed by atoms with E-state index in [4.69, 9.17) is 4.42 Å². The summed E-state index contributed by atoms with van der Waals surface area (Å²) in [5, 5.41) is 7.38. The molecule has 4 heterocycles. The molecule has 0 aliphatic carbocycles. The maximum absolute atomic E-state index is 12.2. The lowest BCUT2D eigenvalue weighted by atomic mass is 10.1. The molecule has 0 unspecified atom stereocenters. The van der Waals surface area contributed by atoms with Gasteiger partial charge in [-0.2, -0.15) is 0 Å². The number of amides is 2. The van der Waals surface area contributed by atoms with Gasteiger partial charge < -0.3 is 15.1 Å². The summed E-state index contributed by atoms with van der Waals surface area (Å²) in [6, 6.07) is 7.17. The van der Waals surface area contributed by atoms with Gasteiger partial charge in [-0.05, 0) is 23.6 Å². The van der Waals surface area contributed by atoms with Crippen LogP contribution in [-0.2, 0) is 9.59 Å². The number of furan rings is 1. The van der Waals surface area contributed by atoms with Gasteiger partial charge in [0.15, 0.2) is 5.76 Å². The van der Waals surface area contributed by atoms with Crippen LogP contribution in [-0.4, -0.2) is 11.8 Å². The van der Waals surface area contributed by atoms with Crippen LogP contribution < -0.4 is 10.6 Å². The highest BCUT2D eigenvalue weighted by atomic mass is 32.1. The van der Waals surface area contributed by atoms with Gasteiger partial charge in [-0.1, -0.05) is 6.07 Å². The van der Waals surface area contributed by atoms with Crippen molar-refractivity contribution in [3.8, 4) is 0 Å². The Morgan fingerprint density at radius 3 is 2.35 bits per heavy atom. The standard InChI is InChI=1S/C14H8N2O3S/c17-13-9-10(12(16-13)8-4-2-6-20-8)14(18)15-11(9)7-3-1-5-19-7/h1-6H,(H,15,18)(H,16,17). The highest BCUT2D eigenvalue weighted by molar-refractivity contribution is 7.11. The molecule has 2 aromatic rings. The van der Waals surface area contributed by atoms with E-state index in [1.165, 1.54) is 17.6 Å². The van der Waals surface area contributed by atoms with Crippen LogP contribution in [0.2, 0.25) is 0 Å². The van der Waals surface area contributed by atoms with Crippen LogP contribution in [0.1, 0.15) is 10.6 Å². The summed E-state index contributed by atoms with van der Waals surface area (Å²) < 4.78 is 5.28. The molecule has 0 spiro atoms. The van der Waals surface area contributed by atoms with Crippen molar-refractivity contribution in [2.75, 3.05) is 0 Å². The summed E-state index contributed by atoms with van der Waals surface area (Å²) in [5.41, 5.74) is 1.75. The van der Waals surface area contributed by atoms with Crippen molar-refractivity contribution in [2.24, 2.45) is 0 Å². The molecular formula is C14H8N2O3S. The maximum atomic E-state index is 12.2. The summed E-state index contributed by atoms with van der Waals surface area (Å²) in [7, 11) is 0. The van der Waals surface area contributed by atoms with Gasteiger partial charge in [0, 0.05) is 0 Å². The lowest BCUT2D eigenvalue weighted by molar-refractivity contribution is -0.117. The minimum absolute atomic E-state index is 0.284. The summed E-state index contributed by atoms with van der Waals surface area (Å²) in [4.78, 5) is 25.2. The normalized spacial score (nSPS) is 17.6. The van der Waals surface area contributed by atoms with E-state index in [0.717, 1.165) is 4.88 Å². The van der Waals surface area contributed by atoms with E-state index in [9.17, 15) is 9.59 Å². The topological polar surface area (TPSA) is 71.3 Å². The Labute approximate surface area is 117 Å². The van der Waals surface area contributed by atoms with Gasteiger partial charge in [0.2, 0.25) is 0 Å². The van der Waals surface area contributed by atoms with Gasteiger partial charge >= 0.3 is 0 Å². The highest BCUT2D eigenvalue weighted by Gasteiger charge is 2.41. The quantitative estimate of drug-likeness (QED) is 0.882. The number of nitrogens with one attached hydrogen (secondary N) is 2.